The first-order valence-electron chi connectivity index (χ1n) is 6.38. The summed E-state index contributed by atoms with van der Waals surface area (Å²) >= 11 is 3.29. The summed E-state index contributed by atoms with van der Waals surface area (Å²) in [4.78, 5) is 12.0. The Morgan fingerprint density at radius 3 is 2.50 bits per heavy atom. The lowest BCUT2D eigenvalue weighted by molar-refractivity contribution is -0.119. The molecule has 0 unspecified atom stereocenters. The second kappa shape index (κ2) is 6.97. The number of amides is 1. The van der Waals surface area contributed by atoms with Gasteiger partial charge >= 0.3 is 0 Å². The molecule has 8 heteroatoms. The molecule has 0 saturated heterocycles. The Morgan fingerprint density at radius 1 is 1.27 bits per heavy atom. The molecule has 0 aliphatic rings. The summed E-state index contributed by atoms with van der Waals surface area (Å²) in [5, 5.41) is 2.62. The molecule has 118 valence electrons. The van der Waals surface area contributed by atoms with Crippen molar-refractivity contribution < 1.29 is 17.6 Å². The fraction of sp³-hybridized carbons (Fsp3) is 0.214. The van der Waals surface area contributed by atoms with Crippen molar-refractivity contribution in [3.05, 3.63) is 52.9 Å². The Kier molecular flexibility index (Phi) is 5.25. The minimum atomic E-state index is -3.56. The van der Waals surface area contributed by atoms with Crippen LogP contribution in [0.2, 0.25) is 0 Å². The van der Waals surface area contributed by atoms with Crippen molar-refractivity contribution in [1.82, 2.24) is 5.32 Å². The second-order valence-corrected chi connectivity index (χ2v) is 7.42. The molecule has 0 atom stereocenters. The fourth-order valence-electron chi connectivity index (χ4n) is 1.79. The number of benzene rings is 1. The van der Waals surface area contributed by atoms with Crippen LogP contribution < -0.4 is 9.62 Å². The second-order valence-electron chi connectivity index (χ2n) is 4.60. The molecule has 1 aromatic carbocycles. The molecule has 1 heterocycles. The van der Waals surface area contributed by atoms with Crippen molar-refractivity contribution >= 4 is 37.5 Å². The van der Waals surface area contributed by atoms with E-state index >= 15 is 0 Å². The molecule has 0 bridgehead atoms. The van der Waals surface area contributed by atoms with Crippen LogP contribution in [-0.2, 0) is 21.4 Å². The van der Waals surface area contributed by atoms with E-state index in [1.807, 2.05) is 0 Å². The third-order valence-electron chi connectivity index (χ3n) is 2.84. The van der Waals surface area contributed by atoms with Gasteiger partial charge in [0.25, 0.3) is 0 Å². The first-order chi connectivity index (χ1) is 10.4. The van der Waals surface area contributed by atoms with E-state index in [0.29, 0.717) is 11.4 Å². The molecular weight excluding hydrogens is 372 g/mol. The highest BCUT2D eigenvalue weighted by Crippen LogP contribution is 2.20. The molecule has 2 aromatic rings. The highest BCUT2D eigenvalue weighted by Gasteiger charge is 2.20. The monoisotopic (exact) mass is 386 g/mol. The number of furan rings is 1. The summed E-state index contributed by atoms with van der Waals surface area (Å²) in [5.41, 5.74) is 0.429. The third kappa shape index (κ3) is 4.60. The normalized spacial score (nSPS) is 11.2. The van der Waals surface area contributed by atoms with Crippen LogP contribution in [0.4, 0.5) is 5.69 Å². The number of hydrogen-bond acceptors (Lipinski definition) is 4. The molecule has 6 nitrogen and oxygen atoms in total. The van der Waals surface area contributed by atoms with Gasteiger partial charge in [0.15, 0.2) is 0 Å². The number of rotatable bonds is 6. The molecule has 1 amide bonds. The van der Waals surface area contributed by atoms with Gasteiger partial charge in [0.1, 0.15) is 12.3 Å². The third-order valence-corrected chi connectivity index (χ3v) is 4.51. The topological polar surface area (TPSA) is 79.6 Å². The van der Waals surface area contributed by atoms with E-state index in [4.69, 9.17) is 4.42 Å². The predicted molar refractivity (Wildman–Crippen MR) is 86.9 cm³/mol. The first-order valence-corrected chi connectivity index (χ1v) is 9.03. The molecule has 1 N–H and O–H groups in total. The first kappa shape index (κ1) is 16.6. The summed E-state index contributed by atoms with van der Waals surface area (Å²) in [6.07, 6.45) is 2.57. The summed E-state index contributed by atoms with van der Waals surface area (Å²) in [6.45, 7) is -0.0784. The van der Waals surface area contributed by atoms with Gasteiger partial charge in [-0.25, -0.2) is 8.42 Å². The number of halogens is 1. The van der Waals surface area contributed by atoms with Crippen LogP contribution in [0.5, 0.6) is 0 Å². The number of sulfonamides is 1. The van der Waals surface area contributed by atoms with Crippen LogP contribution in [0.1, 0.15) is 5.76 Å². The molecular formula is C14H15BrN2O4S. The maximum atomic E-state index is 12.0. The lowest BCUT2D eigenvalue weighted by atomic mass is 10.3. The van der Waals surface area contributed by atoms with Crippen LogP contribution >= 0.6 is 15.9 Å². The molecule has 0 spiro atoms. The van der Waals surface area contributed by atoms with Gasteiger partial charge in [-0.2, -0.15) is 0 Å². The highest BCUT2D eigenvalue weighted by molar-refractivity contribution is 9.10. The zero-order chi connectivity index (χ0) is 16.2. The number of nitrogens with zero attached hydrogens (tertiary/aromatic N) is 1. The lowest BCUT2D eigenvalue weighted by Crippen LogP contribution is -2.40. The number of nitrogens with one attached hydrogen (secondary N) is 1. The van der Waals surface area contributed by atoms with Gasteiger partial charge in [-0.1, -0.05) is 15.9 Å². The van der Waals surface area contributed by atoms with Gasteiger partial charge in [0.2, 0.25) is 15.9 Å². The van der Waals surface area contributed by atoms with Gasteiger partial charge in [0, 0.05) is 4.47 Å². The van der Waals surface area contributed by atoms with E-state index < -0.39 is 15.9 Å². The van der Waals surface area contributed by atoms with Gasteiger partial charge in [-0.15, -0.1) is 0 Å². The minimum Gasteiger partial charge on any atom is -0.467 e. The smallest absolute Gasteiger partial charge is 0.241 e. The van der Waals surface area contributed by atoms with E-state index in [1.165, 1.54) is 6.26 Å². The van der Waals surface area contributed by atoms with Crippen molar-refractivity contribution in [2.45, 2.75) is 6.54 Å². The van der Waals surface area contributed by atoms with E-state index in [1.54, 1.807) is 36.4 Å². The maximum Gasteiger partial charge on any atom is 0.241 e. The van der Waals surface area contributed by atoms with Crippen LogP contribution in [-0.4, -0.2) is 27.1 Å². The van der Waals surface area contributed by atoms with Crippen molar-refractivity contribution in [2.75, 3.05) is 17.1 Å². The molecule has 1 aromatic heterocycles. The molecule has 0 saturated carbocycles. The average Bonchev–Trinajstić information content (AvgIpc) is 2.96. The van der Waals surface area contributed by atoms with Crippen LogP contribution in [0.15, 0.2) is 51.6 Å². The van der Waals surface area contributed by atoms with Crippen molar-refractivity contribution in [3.63, 3.8) is 0 Å². The Labute approximate surface area is 137 Å². The SMILES string of the molecule is CS(=O)(=O)N(CC(=O)NCc1ccco1)c1ccc(Br)cc1. The Hall–Kier alpha value is -1.80. The van der Waals surface area contributed by atoms with E-state index in [0.717, 1.165) is 15.0 Å². The van der Waals surface area contributed by atoms with E-state index in [-0.39, 0.29) is 13.1 Å². The van der Waals surface area contributed by atoms with Crippen LogP contribution in [0.25, 0.3) is 0 Å². The Morgan fingerprint density at radius 2 is 1.95 bits per heavy atom. The lowest BCUT2D eigenvalue weighted by Gasteiger charge is -2.21. The molecule has 0 radical (unpaired) electrons. The largest absolute Gasteiger partial charge is 0.467 e. The average molecular weight is 387 g/mol. The Balaban J connectivity index is 2.07. The summed E-state index contributed by atoms with van der Waals surface area (Å²) in [5.74, 6) is 0.188. The minimum absolute atomic E-state index is 0.212. The molecule has 0 fully saturated rings. The molecule has 2 rings (SSSR count). The molecule has 22 heavy (non-hydrogen) atoms. The fourth-order valence-corrected chi connectivity index (χ4v) is 2.91. The maximum absolute atomic E-state index is 12.0. The number of anilines is 1. The molecule has 0 aliphatic heterocycles. The predicted octanol–water partition coefficient (Wildman–Crippen LogP) is 2.12. The zero-order valence-corrected chi connectivity index (χ0v) is 14.2. The van der Waals surface area contributed by atoms with E-state index in [9.17, 15) is 13.2 Å². The van der Waals surface area contributed by atoms with Gasteiger partial charge in [-0.05, 0) is 36.4 Å². The van der Waals surface area contributed by atoms with Crippen LogP contribution in [0, 0.1) is 0 Å². The van der Waals surface area contributed by atoms with Crippen molar-refractivity contribution in [1.29, 1.82) is 0 Å². The van der Waals surface area contributed by atoms with Gasteiger partial charge in [0.05, 0.1) is 24.8 Å². The van der Waals surface area contributed by atoms with Crippen molar-refractivity contribution in [3.8, 4) is 0 Å². The summed E-state index contributed by atoms with van der Waals surface area (Å²) in [6, 6.07) is 10.1. The number of carbonyl (C=O) groups is 1. The molecule has 0 aliphatic carbocycles. The van der Waals surface area contributed by atoms with Gasteiger partial charge < -0.3 is 9.73 Å². The summed E-state index contributed by atoms with van der Waals surface area (Å²) in [7, 11) is -3.56. The van der Waals surface area contributed by atoms with Gasteiger partial charge in [-0.3, -0.25) is 9.10 Å². The highest BCUT2D eigenvalue weighted by atomic mass is 79.9. The summed E-state index contributed by atoms with van der Waals surface area (Å²) < 4.78 is 30.8. The van der Waals surface area contributed by atoms with E-state index in [2.05, 4.69) is 21.2 Å². The number of carbonyl (C=O) groups excluding carboxylic acids is 1. The van der Waals surface area contributed by atoms with Crippen LogP contribution in [0.3, 0.4) is 0 Å². The standard InChI is InChI=1S/C14H15BrN2O4S/c1-22(19,20)17(12-6-4-11(15)5-7-12)10-14(18)16-9-13-3-2-8-21-13/h2-8H,9-10H2,1H3,(H,16,18). The zero-order valence-electron chi connectivity index (χ0n) is 11.8. The van der Waals surface area contributed by atoms with Crippen molar-refractivity contribution in [2.24, 2.45) is 0 Å². The quantitative estimate of drug-likeness (QED) is 0.824. The Bertz CT molecular complexity index is 727. The number of hydrogen-bond donors (Lipinski definition) is 1.